The van der Waals surface area contributed by atoms with Crippen molar-refractivity contribution in [2.45, 2.75) is 19.5 Å². The molecule has 1 atom stereocenters. The molecular formula is C20H21ClN2O5. The van der Waals surface area contributed by atoms with Crippen LogP contribution >= 0.6 is 11.6 Å². The van der Waals surface area contributed by atoms with E-state index in [1.54, 1.807) is 49.4 Å². The summed E-state index contributed by atoms with van der Waals surface area (Å²) in [5.41, 5.74) is 1.36. The van der Waals surface area contributed by atoms with Gasteiger partial charge in [0.25, 0.3) is 5.91 Å². The van der Waals surface area contributed by atoms with Crippen LogP contribution in [0, 0.1) is 0 Å². The van der Waals surface area contributed by atoms with E-state index < -0.39 is 12.0 Å². The minimum absolute atomic E-state index is 0.175. The van der Waals surface area contributed by atoms with Crippen molar-refractivity contribution in [1.82, 2.24) is 10.6 Å². The first-order chi connectivity index (χ1) is 13.3. The van der Waals surface area contributed by atoms with Gasteiger partial charge in [0.2, 0.25) is 5.91 Å². The molecule has 0 bridgehead atoms. The van der Waals surface area contributed by atoms with Crippen LogP contribution in [-0.2, 0) is 16.1 Å². The number of esters is 1. The second-order valence-corrected chi connectivity index (χ2v) is 6.38. The van der Waals surface area contributed by atoms with Crippen LogP contribution in [0.3, 0.4) is 0 Å². The Kier molecular flexibility index (Phi) is 7.40. The monoisotopic (exact) mass is 404 g/mol. The molecule has 0 aliphatic carbocycles. The van der Waals surface area contributed by atoms with Gasteiger partial charge in [-0.25, -0.2) is 4.79 Å². The van der Waals surface area contributed by atoms with Crippen molar-refractivity contribution < 1.29 is 23.9 Å². The molecule has 0 aliphatic rings. The zero-order chi connectivity index (χ0) is 20.7. The second-order valence-electron chi connectivity index (χ2n) is 5.95. The first-order valence-corrected chi connectivity index (χ1v) is 8.83. The molecule has 28 heavy (non-hydrogen) atoms. The fourth-order valence-corrected chi connectivity index (χ4v) is 2.55. The first-order valence-electron chi connectivity index (χ1n) is 8.45. The van der Waals surface area contributed by atoms with Gasteiger partial charge in [0.1, 0.15) is 17.4 Å². The predicted molar refractivity (Wildman–Crippen MR) is 105 cm³/mol. The number of carbonyl (C=O) groups excluding carboxylic acids is 3. The lowest BCUT2D eigenvalue weighted by molar-refractivity contribution is -0.122. The van der Waals surface area contributed by atoms with E-state index >= 15 is 0 Å². The lowest BCUT2D eigenvalue weighted by Gasteiger charge is -2.15. The highest BCUT2D eigenvalue weighted by atomic mass is 35.5. The van der Waals surface area contributed by atoms with Crippen LogP contribution in [0.25, 0.3) is 0 Å². The minimum atomic E-state index is -0.749. The van der Waals surface area contributed by atoms with E-state index in [9.17, 15) is 14.4 Å². The van der Waals surface area contributed by atoms with E-state index in [1.165, 1.54) is 14.2 Å². The van der Waals surface area contributed by atoms with Gasteiger partial charge in [0.05, 0.1) is 14.2 Å². The maximum atomic E-state index is 12.3. The fourth-order valence-electron chi connectivity index (χ4n) is 2.42. The Morgan fingerprint density at radius 2 is 1.75 bits per heavy atom. The first kappa shape index (κ1) is 21.2. The molecule has 0 saturated heterocycles. The van der Waals surface area contributed by atoms with Gasteiger partial charge in [-0.2, -0.15) is 0 Å². The highest BCUT2D eigenvalue weighted by Crippen LogP contribution is 2.20. The minimum Gasteiger partial charge on any atom is -0.496 e. The van der Waals surface area contributed by atoms with Gasteiger partial charge in [-0.15, -0.1) is 0 Å². The number of halogens is 1. The zero-order valence-corrected chi connectivity index (χ0v) is 16.5. The summed E-state index contributed by atoms with van der Waals surface area (Å²) in [6.07, 6.45) is 0. The number of methoxy groups -OCH3 is 2. The summed E-state index contributed by atoms with van der Waals surface area (Å²) >= 11 is 5.80. The second kappa shape index (κ2) is 9.75. The Bertz CT molecular complexity index is 867. The number of nitrogens with one attached hydrogen (secondary N) is 2. The summed E-state index contributed by atoms with van der Waals surface area (Å²) in [6.45, 7) is 1.75. The van der Waals surface area contributed by atoms with E-state index in [0.717, 1.165) is 0 Å². The van der Waals surface area contributed by atoms with E-state index in [2.05, 4.69) is 10.6 Å². The van der Waals surface area contributed by atoms with Gasteiger partial charge in [-0.05, 0) is 48.9 Å². The van der Waals surface area contributed by atoms with Gasteiger partial charge in [0, 0.05) is 17.1 Å². The third-order valence-corrected chi connectivity index (χ3v) is 4.24. The summed E-state index contributed by atoms with van der Waals surface area (Å²) < 4.78 is 9.87. The van der Waals surface area contributed by atoms with Crippen LogP contribution in [-0.4, -0.2) is 38.0 Å². The van der Waals surface area contributed by atoms with Crippen LogP contribution in [0.4, 0.5) is 0 Å². The average molecular weight is 405 g/mol. The molecule has 2 N–H and O–H groups in total. The quantitative estimate of drug-likeness (QED) is 0.692. The predicted octanol–water partition coefficient (Wildman–Crippen LogP) is 2.57. The lowest BCUT2D eigenvalue weighted by atomic mass is 10.1. The highest BCUT2D eigenvalue weighted by molar-refractivity contribution is 6.30. The van der Waals surface area contributed by atoms with Gasteiger partial charge in [-0.1, -0.05) is 17.7 Å². The molecule has 2 aromatic carbocycles. The van der Waals surface area contributed by atoms with Crippen LogP contribution < -0.4 is 15.4 Å². The smallest absolute Gasteiger partial charge is 0.341 e. The van der Waals surface area contributed by atoms with E-state index in [1.807, 2.05) is 0 Å². The average Bonchev–Trinajstić information content (AvgIpc) is 2.71. The largest absolute Gasteiger partial charge is 0.496 e. The molecule has 0 heterocycles. The zero-order valence-electron chi connectivity index (χ0n) is 15.7. The Labute approximate surface area is 168 Å². The number of carbonyl (C=O) groups is 3. The normalized spacial score (nSPS) is 11.3. The number of hydrogen-bond acceptors (Lipinski definition) is 5. The summed E-state index contributed by atoms with van der Waals surface area (Å²) in [4.78, 5) is 36.3. The molecule has 2 aromatic rings. The van der Waals surface area contributed by atoms with Gasteiger partial charge >= 0.3 is 5.97 Å². The Hall–Kier alpha value is -3.06. The van der Waals surface area contributed by atoms with Crippen molar-refractivity contribution >= 4 is 29.4 Å². The molecule has 0 aromatic heterocycles. The van der Waals surface area contributed by atoms with Crippen LogP contribution in [0.5, 0.6) is 5.75 Å². The Morgan fingerprint density at radius 3 is 2.36 bits per heavy atom. The molecule has 0 saturated carbocycles. The molecule has 8 heteroatoms. The summed E-state index contributed by atoms with van der Waals surface area (Å²) in [5, 5.41) is 5.86. The molecule has 0 aliphatic heterocycles. The summed E-state index contributed by atoms with van der Waals surface area (Å²) in [7, 11) is 2.73. The summed E-state index contributed by atoms with van der Waals surface area (Å²) in [6, 6.07) is 10.5. The molecule has 0 fully saturated rings. The standard InChI is InChI=1S/C20H21ClN2O5/c1-12(23-19(25)14-5-7-15(21)8-6-14)18(24)22-11-13-4-9-17(27-2)16(10-13)20(26)28-3/h4-10,12H,11H2,1-3H3,(H,22,24)(H,23,25)/t12-/m0/s1. The van der Waals surface area contributed by atoms with Crippen molar-refractivity contribution in [3.8, 4) is 5.75 Å². The van der Waals surface area contributed by atoms with Crippen LogP contribution in [0.2, 0.25) is 5.02 Å². The van der Waals surface area contributed by atoms with Crippen molar-refractivity contribution in [1.29, 1.82) is 0 Å². The highest BCUT2D eigenvalue weighted by Gasteiger charge is 2.17. The molecular weight excluding hydrogens is 384 g/mol. The molecule has 2 rings (SSSR count). The third kappa shape index (κ3) is 5.47. The molecule has 0 radical (unpaired) electrons. The van der Waals surface area contributed by atoms with E-state index in [4.69, 9.17) is 21.1 Å². The Morgan fingerprint density at radius 1 is 1.07 bits per heavy atom. The van der Waals surface area contributed by atoms with Crippen molar-refractivity contribution in [2.24, 2.45) is 0 Å². The Balaban J connectivity index is 1.96. The molecule has 2 amide bonds. The van der Waals surface area contributed by atoms with Crippen LogP contribution in [0.1, 0.15) is 33.2 Å². The number of amides is 2. The maximum Gasteiger partial charge on any atom is 0.341 e. The van der Waals surface area contributed by atoms with Gasteiger partial charge in [0.15, 0.2) is 0 Å². The lowest BCUT2D eigenvalue weighted by Crippen LogP contribution is -2.44. The number of ether oxygens (including phenoxy) is 2. The van der Waals surface area contributed by atoms with Crippen molar-refractivity contribution in [3.63, 3.8) is 0 Å². The fraction of sp³-hybridized carbons (Fsp3) is 0.250. The van der Waals surface area contributed by atoms with Crippen LogP contribution in [0.15, 0.2) is 42.5 Å². The van der Waals surface area contributed by atoms with Gasteiger partial charge in [-0.3, -0.25) is 9.59 Å². The molecule has 148 valence electrons. The van der Waals surface area contributed by atoms with Crippen molar-refractivity contribution in [2.75, 3.05) is 14.2 Å². The van der Waals surface area contributed by atoms with Crippen molar-refractivity contribution in [3.05, 3.63) is 64.2 Å². The van der Waals surface area contributed by atoms with Gasteiger partial charge < -0.3 is 20.1 Å². The molecule has 0 spiro atoms. The number of rotatable bonds is 7. The topological polar surface area (TPSA) is 93.7 Å². The number of hydrogen-bond donors (Lipinski definition) is 2. The third-order valence-electron chi connectivity index (χ3n) is 3.98. The maximum absolute atomic E-state index is 12.3. The number of benzene rings is 2. The van der Waals surface area contributed by atoms with E-state index in [0.29, 0.717) is 21.9 Å². The van der Waals surface area contributed by atoms with E-state index in [-0.39, 0.29) is 23.9 Å². The molecule has 0 unspecified atom stereocenters. The SMILES string of the molecule is COC(=O)c1cc(CNC(=O)[C@H](C)NC(=O)c2ccc(Cl)cc2)ccc1OC. The summed E-state index contributed by atoms with van der Waals surface area (Å²) in [5.74, 6) is -0.895. The molecule has 7 nitrogen and oxygen atoms in total.